The SMILES string of the molecule is CCOCCCNC(=O)c1ccc(OC)c(S(=O)(=O)Nc2ccc(CC)cc2)c1. The molecule has 0 unspecified atom stereocenters. The van der Waals surface area contributed by atoms with Crippen molar-refractivity contribution in [1.82, 2.24) is 5.32 Å². The fourth-order valence-electron chi connectivity index (χ4n) is 2.67. The number of hydrogen-bond acceptors (Lipinski definition) is 5. The Morgan fingerprint density at radius 2 is 1.79 bits per heavy atom. The van der Waals surface area contributed by atoms with Crippen LogP contribution in [0.25, 0.3) is 0 Å². The molecule has 2 rings (SSSR count). The Balaban J connectivity index is 2.18. The van der Waals surface area contributed by atoms with E-state index in [-0.39, 0.29) is 22.1 Å². The molecule has 0 aromatic heterocycles. The molecule has 0 atom stereocenters. The molecule has 2 aromatic carbocycles. The lowest BCUT2D eigenvalue weighted by molar-refractivity contribution is 0.0944. The van der Waals surface area contributed by atoms with Gasteiger partial charge >= 0.3 is 0 Å². The molecule has 0 radical (unpaired) electrons. The number of ether oxygens (including phenoxy) is 2. The second-order valence-electron chi connectivity index (χ2n) is 6.33. The molecule has 0 spiro atoms. The van der Waals surface area contributed by atoms with Crippen molar-refractivity contribution >= 4 is 21.6 Å². The van der Waals surface area contributed by atoms with E-state index in [1.807, 2.05) is 26.0 Å². The number of carbonyl (C=O) groups excluding carboxylic acids is 1. The minimum Gasteiger partial charge on any atom is -0.495 e. The molecule has 0 saturated carbocycles. The van der Waals surface area contributed by atoms with E-state index in [9.17, 15) is 13.2 Å². The molecule has 1 amide bonds. The van der Waals surface area contributed by atoms with E-state index in [0.29, 0.717) is 31.9 Å². The van der Waals surface area contributed by atoms with E-state index >= 15 is 0 Å². The zero-order valence-corrected chi connectivity index (χ0v) is 17.8. The summed E-state index contributed by atoms with van der Waals surface area (Å²) >= 11 is 0. The molecule has 0 aliphatic rings. The molecular formula is C21H28N2O5S. The van der Waals surface area contributed by atoms with Gasteiger partial charge in [0.2, 0.25) is 0 Å². The van der Waals surface area contributed by atoms with Crippen LogP contribution < -0.4 is 14.8 Å². The van der Waals surface area contributed by atoms with Crippen LogP contribution in [0.1, 0.15) is 36.2 Å². The summed E-state index contributed by atoms with van der Waals surface area (Å²) in [6.07, 6.45) is 1.54. The maximum atomic E-state index is 12.9. The second kappa shape index (κ2) is 10.8. The summed E-state index contributed by atoms with van der Waals surface area (Å²) in [6.45, 7) is 5.55. The number of carbonyl (C=O) groups is 1. The molecule has 2 N–H and O–H groups in total. The third kappa shape index (κ3) is 6.47. The highest BCUT2D eigenvalue weighted by Gasteiger charge is 2.22. The number of nitrogens with one attached hydrogen (secondary N) is 2. The van der Waals surface area contributed by atoms with E-state index in [4.69, 9.17) is 9.47 Å². The lowest BCUT2D eigenvalue weighted by Crippen LogP contribution is -2.25. The van der Waals surface area contributed by atoms with Crippen LogP contribution >= 0.6 is 0 Å². The van der Waals surface area contributed by atoms with Gasteiger partial charge < -0.3 is 14.8 Å². The largest absolute Gasteiger partial charge is 0.495 e. The molecule has 29 heavy (non-hydrogen) atoms. The van der Waals surface area contributed by atoms with Crippen LogP contribution in [0.4, 0.5) is 5.69 Å². The average Bonchev–Trinajstić information content (AvgIpc) is 2.73. The maximum absolute atomic E-state index is 12.9. The molecule has 0 heterocycles. The number of anilines is 1. The van der Waals surface area contributed by atoms with Crippen LogP contribution in [-0.2, 0) is 21.2 Å². The highest BCUT2D eigenvalue weighted by atomic mass is 32.2. The van der Waals surface area contributed by atoms with Gasteiger partial charge in [-0.1, -0.05) is 19.1 Å². The van der Waals surface area contributed by atoms with Crippen molar-refractivity contribution in [3.8, 4) is 5.75 Å². The Morgan fingerprint density at radius 3 is 2.41 bits per heavy atom. The number of aryl methyl sites for hydroxylation is 1. The zero-order valence-electron chi connectivity index (χ0n) is 17.0. The molecule has 0 bridgehead atoms. The normalized spacial score (nSPS) is 11.1. The first kappa shape index (κ1) is 22.7. The Hall–Kier alpha value is -2.58. The standard InChI is InChI=1S/C21H28N2O5S/c1-4-16-7-10-18(11-8-16)23-29(25,26)20-15-17(9-12-19(20)27-3)21(24)22-13-6-14-28-5-2/h7-12,15,23H,4-6,13-14H2,1-3H3,(H,22,24). The minimum atomic E-state index is -3.94. The number of methoxy groups -OCH3 is 1. The Kier molecular flexibility index (Phi) is 8.48. The number of benzene rings is 2. The number of rotatable bonds is 11. The summed E-state index contributed by atoms with van der Waals surface area (Å²) < 4.78 is 38.8. The van der Waals surface area contributed by atoms with Crippen LogP contribution in [-0.4, -0.2) is 41.2 Å². The highest BCUT2D eigenvalue weighted by molar-refractivity contribution is 7.92. The van der Waals surface area contributed by atoms with Gasteiger partial charge in [0.15, 0.2) is 0 Å². The van der Waals surface area contributed by atoms with E-state index < -0.39 is 10.0 Å². The van der Waals surface area contributed by atoms with Gasteiger partial charge in [0.05, 0.1) is 7.11 Å². The van der Waals surface area contributed by atoms with Gasteiger partial charge in [0, 0.05) is 31.0 Å². The molecule has 0 saturated heterocycles. The lowest BCUT2D eigenvalue weighted by Gasteiger charge is -2.13. The third-order valence-corrected chi connectivity index (χ3v) is 5.69. The van der Waals surface area contributed by atoms with Crippen LogP contribution in [0, 0.1) is 0 Å². The van der Waals surface area contributed by atoms with Crippen molar-refractivity contribution in [3.05, 3.63) is 53.6 Å². The van der Waals surface area contributed by atoms with Crippen molar-refractivity contribution in [2.24, 2.45) is 0 Å². The fourth-order valence-corrected chi connectivity index (χ4v) is 3.92. The number of hydrogen-bond donors (Lipinski definition) is 2. The third-order valence-electron chi connectivity index (χ3n) is 4.28. The molecule has 7 nitrogen and oxygen atoms in total. The monoisotopic (exact) mass is 420 g/mol. The summed E-state index contributed by atoms with van der Waals surface area (Å²) in [6, 6.07) is 11.5. The Morgan fingerprint density at radius 1 is 1.07 bits per heavy atom. The van der Waals surface area contributed by atoms with Gasteiger partial charge in [-0.2, -0.15) is 0 Å². The van der Waals surface area contributed by atoms with Gasteiger partial charge in [-0.15, -0.1) is 0 Å². The number of amides is 1. The Labute approximate surface area is 172 Å². The second-order valence-corrected chi connectivity index (χ2v) is 7.98. The quantitative estimate of drug-likeness (QED) is 0.545. The maximum Gasteiger partial charge on any atom is 0.265 e. The van der Waals surface area contributed by atoms with Crippen molar-refractivity contribution in [3.63, 3.8) is 0 Å². The van der Waals surface area contributed by atoms with E-state index in [1.165, 1.54) is 25.3 Å². The van der Waals surface area contributed by atoms with Crippen LogP contribution in [0.2, 0.25) is 0 Å². The first-order chi connectivity index (χ1) is 13.9. The number of sulfonamides is 1. The van der Waals surface area contributed by atoms with Crippen LogP contribution in [0.5, 0.6) is 5.75 Å². The van der Waals surface area contributed by atoms with Crippen molar-refractivity contribution < 1.29 is 22.7 Å². The first-order valence-corrected chi connectivity index (χ1v) is 11.0. The predicted octanol–water partition coefficient (Wildman–Crippen LogP) is 3.21. The van der Waals surface area contributed by atoms with Crippen molar-refractivity contribution in [2.75, 3.05) is 31.6 Å². The molecule has 158 valence electrons. The zero-order chi connectivity index (χ0) is 21.3. The fraction of sp³-hybridized carbons (Fsp3) is 0.381. The van der Waals surface area contributed by atoms with Crippen LogP contribution in [0.3, 0.4) is 0 Å². The van der Waals surface area contributed by atoms with Crippen molar-refractivity contribution in [1.29, 1.82) is 0 Å². The van der Waals surface area contributed by atoms with Gasteiger partial charge in [0.1, 0.15) is 10.6 Å². The predicted molar refractivity (Wildman–Crippen MR) is 113 cm³/mol. The highest BCUT2D eigenvalue weighted by Crippen LogP contribution is 2.27. The molecule has 0 fully saturated rings. The van der Waals surface area contributed by atoms with E-state index in [1.54, 1.807) is 12.1 Å². The molecule has 2 aromatic rings. The van der Waals surface area contributed by atoms with Crippen LogP contribution in [0.15, 0.2) is 47.4 Å². The summed E-state index contributed by atoms with van der Waals surface area (Å²) in [5.74, 6) is -0.191. The van der Waals surface area contributed by atoms with E-state index in [0.717, 1.165) is 12.0 Å². The van der Waals surface area contributed by atoms with Crippen molar-refractivity contribution in [2.45, 2.75) is 31.6 Å². The van der Waals surface area contributed by atoms with Gasteiger partial charge in [0.25, 0.3) is 15.9 Å². The molecule has 0 aliphatic heterocycles. The average molecular weight is 421 g/mol. The summed E-state index contributed by atoms with van der Waals surface area (Å²) in [4.78, 5) is 12.3. The summed E-state index contributed by atoms with van der Waals surface area (Å²) in [7, 11) is -2.55. The van der Waals surface area contributed by atoms with Gasteiger partial charge in [-0.3, -0.25) is 9.52 Å². The van der Waals surface area contributed by atoms with Gasteiger partial charge in [-0.25, -0.2) is 8.42 Å². The molecule has 8 heteroatoms. The first-order valence-electron chi connectivity index (χ1n) is 9.57. The Bertz CT molecular complexity index is 911. The minimum absolute atomic E-state index is 0.0958. The topological polar surface area (TPSA) is 93.7 Å². The molecular weight excluding hydrogens is 392 g/mol. The summed E-state index contributed by atoms with van der Waals surface area (Å²) in [5, 5.41) is 2.76. The van der Waals surface area contributed by atoms with E-state index in [2.05, 4.69) is 10.0 Å². The smallest absolute Gasteiger partial charge is 0.265 e. The molecule has 0 aliphatic carbocycles. The van der Waals surface area contributed by atoms with Gasteiger partial charge in [-0.05, 0) is 55.7 Å². The lowest BCUT2D eigenvalue weighted by atomic mass is 10.2. The summed E-state index contributed by atoms with van der Waals surface area (Å²) in [5.41, 5.74) is 1.78.